The molecule has 3 rings (SSSR count). The number of halogens is 1. The molecule has 2 amide bonds. The zero-order chi connectivity index (χ0) is 29.8. The highest BCUT2D eigenvalue weighted by atomic mass is 35.5. The Morgan fingerprint density at radius 2 is 1.71 bits per heavy atom. The van der Waals surface area contributed by atoms with Crippen LogP contribution in [0.1, 0.15) is 104 Å². The number of unbranched alkanes of at least 4 members (excludes halogenated alkanes) is 9. The Bertz CT molecular complexity index is 1260. The van der Waals surface area contributed by atoms with Crippen LogP contribution in [0.2, 0.25) is 5.02 Å². The van der Waals surface area contributed by atoms with Crippen LogP contribution >= 0.6 is 11.6 Å². The molecule has 0 aliphatic carbocycles. The van der Waals surface area contributed by atoms with E-state index in [0.29, 0.717) is 28.8 Å². The van der Waals surface area contributed by atoms with Gasteiger partial charge >= 0.3 is 12.0 Å². The highest BCUT2D eigenvalue weighted by molar-refractivity contribution is 6.34. The van der Waals surface area contributed by atoms with Crippen molar-refractivity contribution in [2.45, 2.75) is 104 Å². The van der Waals surface area contributed by atoms with E-state index in [2.05, 4.69) is 48.2 Å². The van der Waals surface area contributed by atoms with Crippen molar-refractivity contribution < 1.29 is 14.3 Å². The fraction of sp³-hybridized carbons (Fsp3) is 0.613. The largest absolute Gasteiger partial charge is 0.466 e. The minimum absolute atomic E-state index is 0.156. The van der Waals surface area contributed by atoms with Crippen molar-refractivity contribution in [3.05, 3.63) is 35.0 Å². The number of urea groups is 1. The van der Waals surface area contributed by atoms with Crippen LogP contribution in [0, 0.1) is 0 Å². The highest BCUT2D eigenvalue weighted by Gasteiger charge is 2.24. The lowest BCUT2D eigenvalue weighted by molar-refractivity contribution is -0.143. The van der Waals surface area contributed by atoms with Crippen molar-refractivity contribution in [1.82, 2.24) is 24.7 Å². The molecule has 3 aromatic rings. The molecule has 0 fully saturated rings. The number of hydrogen-bond donors (Lipinski definition) is 2. The Morgan fingerprint density at radius 3 is 2.34 bits per heavy atom. The number of rotatable bonds is 16. The van der Waals surface area contributed by atoms with Crippen LogP contribution in [-0.2, 0) is 14.9 Å². The van der Waals surface area contributed by atoms with Gasteiger partial charge in [-0.3, -0.25) is 9.89 Å². The number of anilines is 1. The van der Waals surface area contributed by atoms with Gasteiger partial charge in [0.2, 0.25) is 0 Å². The van der Waals surface area contributed by atoms with E-state index in [4.69, 9.17) is 16.3 Å². The van der Waals surface area contributed by atoms with Gasteiger partial charge in [0.15, 0.2) is 11.5 Å². The number of hydrogen-bond acceptors (Lipinski definition) is 5. The number of aromatic nitrogens is 4. The average molecular weight is 587 g/mol. The monoisotopic (exact) mass is 586 g/mol. The van der Waals surface area contributed by atoms with Crippen LogP contribution in [0.25, 0.3) is 17.0 Å². The molecule has 0 unspecified atom stereocenters. The van der Waals surface area contributed by atoms with Gasteiger partial charge in [-0.25, -0.2) is 9.78 Å². The van der Waals surface area contributed by atoms with Crippen LogP contribution in [-0.4, -0.2) is 56.9 Å². The third-order valence-electron chi connectivity index (χ3n) is 7.12. The van der Waals surface area contributed by atoms with Gasteiger partial charge in [0.1, 0.15) is 5.02 Å². The van der Waals surface area contributed by atoms with Gasteiger partial charge in [0.25, 0.3) is 0 Å². The molecule has 2 aromatic heterocycles. The summed E-state index contributed by atoms with van der Waals surface area (Å²) < 4.78 is 6.93. The van der Waals surface area contributed by atoms with Crippen LogP contribution < -0.4 is 5.32 Å². The van der Waals surface area contributed by atoms with Crippen molar-refractivity contribution in [2.24, 2.45) is 0 Å². The van der Waals surface area contributed by atoms with E-state index in [1.165, 1.54) is 56.3 Å². The molecular formula is C31H47ClN6O3. The summed E-state index contributed by atoms with van der Waals surface area (Å²) in [5.74, 6) is 0.214. The highest BCUT2D eigenvalue weighted by Crippen LogP contribution is 2.32. The zero-order valence-electron chi connectivity index (χ0n) is 25.4. The topological polar surface area (TPSA) is 105 Å². The first kappa shape index (κ1) is 32.4. The molecule has 0 radical (unpaired) electrons. The Labute approximate surface area is 249 Å². The second-order valence-corrected chi connectivity index (χ2v) is 12.2. The minimum atomic E-state index is -0.313. The number of carbonyl (C=O) groups excluding carboxylic acids is 2. The van der Waals surface area contributed by atoms with E-state index >= 15 is 0 Å². The zero-order valence-corrected chi connectivity index (χ0v) is 26.1. The van der Waals surface area contributed by atoms with Crippen molar-refractivity contribution in [1.29, 1.82) is 0 Å². The third kappa shape index (κ3) is 10.1. The minimum Gasteiger partial charge on any atom is -0.466 e. The number of amides is 2. The van der Waals surface area contributed by atoms with Gasteiger partial charge in [0.05, 0.1) is 18.7 Å². The van der Waals surface area contributed by atoms with Gasteiger partial charge in [-0.15, -0.1) is 5.10 Å². The predicted molar refractivity (Wildman–Crippen MR) is 166 cm³/mol. The number of nitrogens with zero attached hydrogens (tertiary/aromatic N) is 4. The molecule has 9 nitrogen and oxygen atoms in total. The summed E-state index contributed by atoms with van der Waals surface area (Å²) in [6.07, 6.45) is 12.5. The summed E-state index contributed by atoms with van der Waals surface area (Å²) in [4.78, 5) is 30.9. The summed E-state index contributed by atoms with van der Waals surface area (Å²) in [6.45, 7) is 9.15. The second-order valence-electron chi connectivity index (χ2n) is 11.8. The fourth-order valence-electron chi connectivity index (χ4n) is 4.58. The molecule has 0 saturated carbocycles. The Hall–Kier alpha value is -3.07. The molecule has 2 heterocycles. The maximum Gasteiger partial charge on any atom is 0.321 e. The van der Waals surface area contributed by atoms with Gasteiger partial charge in [-0.1, -0.05) is 109 Å². The SMILES string of the molecule is CCCCCCCCCCCCOC(=O)CCN(C)C(=O)Nc1cccc(-c2nc3c(Cl)c(C(C)(C)C)[nH]n3n2)c1. The molecular weight excluding hydrogens is 540 g/mol. The maximum absolute atomic E-state index is 12.7. The molecule has 0 atom stereocenters. The Morgan fingerprint density at radius 1 is 1.05 bits per heavy atom. The molecule has 10 heteroatoms. The first-order valence-electron chi connectivity index (χ1n) is 15.0. The summed E-state index contributed by atoms with van der Waals surface area (Å²) >= 11 is 6.55. The van der Waals surface area contributed by atoms with Crippen LogP contribution in [0.3, 0.4) is 0 Å². The summed E-state index contributed by atoms with van der Waals surface area (Å²) in [5.41, 5.74) is 2.60. The summed E-state index contributed by atoms with van der Waals surface area (Å²) in [6, 6.07) is 6.99. The second kappa shape index (κ2) is 15.8. The van der Waals surface area contributed by atoms with E-state index in [1.807, 2.05) is 12.1 Å². The number of fused-ring (bicyclic) bond motifs is 1. The molecule has 2 N–H and O–H groups in total. The van der Waals surface area contributed by atoms with Gasteiger partial charge < -0.3 is 15.0 Å². The first-order valence-corrected chi connectivity index (χ1v) is 15.4. The van der Waals surface area contributed by atoms with Crippen LogP contribution in [0.5, 0.6) is 0 Å². The fourth-order valence-corrected chi connectivity index (χ4v) is 5.03. The van der Waals surface area contributed by atoms with Crippen molar-refractivity contribution in [3.8, 4) is 11.4 Å². The molecule has 0 bridgehead atoms. The number of benzene rings is 1. The van der Waals surface area contributed by atoms with Gasteiger partial charge in [-0.2, -0.15) is 4.63 Å². The lowest BCUT2D eigenvalue weighted by atomic mass is 9.92. The molecule has 0 aliphatic rings. The van der Waals surface area contributed by atoms with Crippen molar-refractivity contribution >= 4 is 34.9 Å². The normalized spacial score (nSPS) is 11.7. The number of nitrogens with one attached hydrogen (secondary N) is 2. The van der Waals surface area contributed by atoms with Crippen LogP contribution in [0.15, 0.2) is 24.3 Å². The number of carbonyl (C=O) groups is 2. The summed E-state index contributed by atoms with van der Waals surface area (Å²) in [5, 5.41) is 11.2. The van der Waals surface area contributed by atoms with Gasteiger partial charge in [0, 0.05) is 30.3 Å². The quantitative estimate of drug-likeness (QED) is 0.131. The van der Waals surface area contributed by atoms with Gasteiger partial charge in [-0.05, 0) is 18.6 Å². The Kier molecular flexibility index (Phi) is 12.5. The van der Waals surface area contributed by atoms with Crippen molar-refractivity contribution in [3.63, 3.8) is 0 Å². The molecule has 1 aromatic carbocycles. The molecule has 0 aliphatic heterocycles. The molecule has 41 heavy (non-hydrogen) atoms. The van der Waals surface area contributed by atoms with Crippen LogP contribution in [0.4, 0.5) is 10.5 Å². The lowest BCUT2D eigenvalue weighted by Crippen LogP contribution is -2.33. The Balaban J connectivity index is 1.37. The van der Waals surface area contributed by atoms with Crippen molar-refractivity contribution in [2.75, 3.05) is 25.5 Å². The number of aromatic amines is 1. The number of esters is 1. The molecule has 0 saturated heterocycles. The maximum atomic E-state index is 12.7. The predicted octanol–water partition coefficient (Wildman–Crippen LogP) is 7.99. The lowest BCUT2D eigenvalue weighted by Gasteiger charge is -2.17. The molecule has 226 valence electrons. The number of H-pyrrole nitrogens is 1. The average Bonchev–Trinajstić information content (AvgIpc) is 3.50. The first-order chi connectivity index (χ1) is 19.6. The van der Waals surface area contributed by atoms with E-state index in [0.717, 1.165) is 24.1 Å². The smallest absolute Gasteiger partial charge is 0.321 e. The third-order valence-corrected chi connectivity index (χ3v) is 7.48. The standard InChI is InChI=1S/C31H47ClN6O3/c1-6-7-8-9-10-11-12-13-14-15-21-41-25(39)19-20-37(5)30(40)33-24-18-16-17-23(22-24)28-34-29-26(32)27(31(2,3)4)35-38(29)36-28/h16-18,22,35H,6-15,19-21H2,1-5H3,(H,33,40). The van der Waals surface area contributed by atoms with E-state index in [9.17, 15) is 9.59 Å². The summed E-state index contributed by atoms with van der Waals surface area (Å²) in [7, 11) is 1.66. The molecule has 0 spiro atoms. The van der Waals surface area contributed by atoms with E-state index < -0.39 is 0 Å². The number of ether oxygens (including phenoxy) is 1. The van der Waals surface area contributed by atoms with E-state index in [-0.39, 0.29) is 30.4 Å². The van der Waals surface area contributed by atoms with E-state index in [1.54, 1.807) is 23.8 Å².